The van der Waals surface area contributed by atoms with Gasteiger partial charge in [-0.05, 0) is 75.6 Å². The third-order valence-corrected chi connectivity index (χ3v) is 5.26. The van der Waals surface area contributed by atoms with E-state index in [9.17, 15) is 0 Å². The van der Waals surface area contributed by atoms with Gasteiger partial charge in [-0.3, -0.25) is 4.98 Å². The van der Waals surface area contributed by atoms with Gasteiger partial charge in [-0.15, -0.1) is 0 Å². The van der Waals surface area contributed by atoms with Gasteiger partial charge in [0.25, 0.3) is 0 Å². The molecule has 3 unspecified atom stereocenters. The molecule has 1 heterocycles. The van der Waals surface area contributed by atoms with E-state index in [1.54, 1.807) is 0 Å². The highest BCUT2D eigenvalue weighted by Gasteiger charge is 2.29. The number of hydrogen-bond acceptors (Lipinski definition) is 2. The molecule has 3 atom stereocenters. The standard InChI is InChI=1S/C16H24Br2N2/c1-3-7-19-15(12-6-4-5-11(2)8-12)16-14(18)9-13(17)10-20-16/h9-12,15,19H,3-8H2,1-2H3. The maximum atomic E-state index is 4.68. The van der Waals surface area contributed by atoms with Gasteiger partial charge >= 0.3 is 0 Å². The average molecular weight is 404 g/mol. The molecule has 1 aliphatic rings. The molecule has 1 aromatic heterocycles. The Bertz CT molecular complexity index is 436. The number of halogens is 2. The fourth-order valence-corrected chi connectivity index (χ4v) is 4.46. The van der Waals surface area contributed by atoms with Crippen LogP contribution in [0.5, 0.6) is 0 Å². The second-order valence-electron chi connectivity index (χ2n) is 5.98. The Morgan fingerprint density at radius 2 is 2.20 bits per heavy atom. The van der Waals surface area contributed by atoms with Crippen LogP contribution in [0.1, 0.15) is 57.7 Å². The van der Waals surface area contributed by atoms with E-state index in [0.717, 1.165) is 27.8 Å². The summed E-state index contributed by atoms with van der Waals surface area (Å²) in [4.78, 5) is 4.68. The van der Waals surface area contributed by atoms with Gasteiger partial charge in [-0.2, -0.15) is 0 Å². The number of hydrogen-bond donors (Lipinski definition) is 1. The topological polar surface area (TPSA) is 24.9 Å². The molecule has 1 aromatic rings. The summed E-state index contributed by atoms with van der Waals surface area (Å²) in [5.74, 6) is 1.55. The average Bonchev–Trinajstić information content (AvgIpc) is 2.41. The zero-order valence-electron chi connectivity index (χ0n) is 12.3. The lowest BCUT2D eigenvalue weighted by atomic mass is 9.77. The smallest absolute Gasteiger partial charge is 0.0718 e. The normalized spacial score (nSPS) is 24.6. The van der Waals surface area contributed by atoms with Gasteiger partial charge in [0.15, 0.2) is 0 Å². The third-order valence-electron chi connectivity index (χ3n) is 4.19. The molecule has 2 rings (SSSR count). The molecule has 0 saturated heterocycles. The monoisotopic (exact) mass is 402 g/mol. The molecule has 20 heavy (non-hydrogen) atoms. The van der Waals surface area contributed by atoms with Gasteiger partial charge in [0, 0.05) is 15.1 Å². The Morgan fingerprint density at radius 1 is 1.40 bits per heavy atom. The predicted molar refractivity (Wildman–Crippen MR) is 91.8 cm³/mol. The highest BCUT2D eigenvalue weighted by atomic mass is 79.9. The Labute approximate surface area is 139 Å². The minimum Gasteiger partial charge on any atom is -0.308 e. The largest absolute Gasteiger partial charge is 0.308 e. The first-order valence-electron chi connectivity index (χ1n) is 7.66. The molecule has 1 fully saturated rings. The summed E-state index contributed by atoms with van der Waals surface area (Å²) in [7, 11) is 0. The number of nitrogens with zero attached hydrogens (tertiary/aromatic N) is 1. The second-order valence-corrected chi connectivity index (χ2v) is 7.75. The first-order chi connectivity index (χ1) is 9.61. The first-order valence-corrected chi connectivity index (χ1v) is 9.24. The highest BCUT2D eigenvalue weighted by molar-refractivity contribution is 9.11. The van der Waals surface area contributed by atoms with Crippen molar-refractivity contribution >= 4 is 31.9 Å². The summed E-state index contributed by atoms with van der Waals surface area (Å²) in [5.41, 5.74) is 1.17. The molecule has 0 spiro atoms. The molecule has 1 aliphatic carbocycles. The predicted octanol–water partition coefficient (Wildman–Crippen LogP) is 5.47. The van der Waals surface area contributed by atoms with Crippen molar-refractivity contribution in [2.45, 2.75) is 52.0 Å². The fourth-order valence-electron chi connectivity index (χ4n) is 3.22. The van der Waals surface area contributed by atoms with Gasteiger partial charge in [0.05, 0.1) is 11.7 Å². The number of nitrogens with one attached hydrogen (secondary N) is 1. The summed E-state index contributed by atoms with van der Waals surface area (Å²) < 4.78 is 2.14. The second kappa shape index (κ2) is 7.90. The maximum absolute atomic E-state index is 4.68. The van der Waals surface area contributed by atoms with Crippen molar-refractivity contribution in [3.63, 3.8) is 0 Å². The summed E-state index contributed by atoms with van der Waals surface area (Å²) in [6, 6.07) is 2.48. The van der Waals surface area contributed by atoms with Crippen molar-refractivity contribution in [3.05, 3.63) is 26.9 Å². The molecule has 0 radical (unpaired) electrons. The minimum atomic E-state index is 0.375. The zero-order chi connectivity index (χ0) is 14.5. The fraction of sp³-hybridized carbons (Fsp3) is 0.688. The quantitative estimate of drug-likeness (QED) is 0.704. The van der Waals surface area contributed by atoms with Crippen molar-refractivity contribution in [3.8, 4) is 0 Å². The summed E-state index contributed by atoms with van der Waals surface area (Å²) in [5, 5.41) is 3.73. The van der Waals surface area contributed by atoms with Crippen LogP contribution in [-0.2, 0) is 0 Å². The lowest BCUT2D eigenvalue weighted by Crippen LogP contribution is -2.32. The van der Waals surface area contributed by atoms with Gasteiger partial charge in [0.2, 0.25) is 0 Å². The van der Waals surface area contributed by atoms with Crippen molar-refractivity contribution in [2.75, 3.05) is 6.54 Å². The van der Waals surface area contributed by atoms with Gasteiger partial charge in [0.1, 0.15) is 0 Å². The van der Waals surface area contributed by atoms with E-state index in [0.29, 0.717) is 12.0 Å². The zero-order valence-corrected chi connectivity index (χ0v) is 15.5. The Balaban J connectivity index is 2.21. The molecular weight excluding hydrogens is 380 g/mol. The van der Waals surface area contributed by atoms with E-state index >= 15 is 0 Å². The van der Waals surface area contributed by atoms with Crippen LogP contribution in [0.3, 0.4) is 0 Å². The van der Waals surface area contributed by atoms with E-state index < -0.39 is 0 Å². The first kappa shape index (κ1) is 16.4. The summed E-state index contributed by atoms with van der Waals surface area (Å²) in [6.07, 6.45) is 8.43. The molecule has 0 bridgehead atoms. The van der Waals surface area contributed by atoms with E-state index in [1.807, 2.05) is 6.20 Å². The van der Waals surface area contributed by atoms with Crippen molar-refractivity contribution in [1.29, 1.82) is 0 Å². The molecule has 0 amide bonds. The van der Waals surface area contributed by atoms with Crippen LogP contribution in [0.15, 0.2) is 21.2 Å². The minimum absolute atomic E-state index is 0.375. The van der Waals surface area contributed by atoms with Crippen LogP contribution in [0, 0.1) is 11.8 Å². The van der Waals surface area contributed by atoms with Crippen molar-refractivity contribution < 1.29 is 0 Å². The van der Waals surface area contributed by atoms with Crippen molar-refractivity contribution in [1.82, 2.24) is 10.3 Å². The highest BCUT2D eigenvalue weighted by Crippen LogP contribution is 2.38. The Morgan fingerprint density at radius 3 is 2.85 bits per heavy atom. The Hall–Kier alpha value is 0.0700. The van der Waals surface area contributed by atoms with Gasteiger partial charge < -0.3 is 5.32 Å². The summed E-state index contributed by atoms with van der Waals surface area (Å²) >= 11 is 7.18. The molecule has 0 aromatic carbocycles. The number of rotatable bonds is 5. The van der Waals surface area contributed by atoms with Crippen LogP contribution >= 0.6 is 31.9 Å². The van der Waals surface area contributed by atoms with Crippen LogP contribution in [0.2, 0.25) is 0 Å². The molecule has 4 heteroatoms. The lowest BCUT2D eigenvalue weighted by Gasteiger charge is -2.34. The van der Waals surface area contributed by atoms with E-state index in [1.165, 1.54) is 31.4 Å². The van der Waals surface area contributed by atoms with E-state index in [4.69, 9.17) is 0 Å². The molecular formula is C16H24Br2N2. The molecule has 2 nitrogen and oxygen atoms in total. The van der Waals surface area contributed by atoms with Crippen molar-refractivity contribution in [2.24, 2.45) is 11.8 Å². The van der Waals surface area contributed by atoms with Crippen LogP contribution < -0.4 is 5.32 Å². The molecule has 0 aliphatic heterocycles. The van der Waals surface area contributed by atoms with Gasteiger partial charge in [-0.25, -0.2) is 0 Å². The molecule has 1 N–H and O–H groups in total. The maximum Gasteiger partial charge on any atom is 0.0718 e. The molecule has 112 valence electrons. The van der Waals surface area contributed by atoms with Crippen LogP contribution in [0.4, 0.5) is 0 Å². The van der Waals surface area contributed by atoms with Gasteiger partial charge in [-0.1, -0.05) is 26.7 Å². The van der Waals surface area contributed by atoms with Crippen LogP contribution in [-0.4, -0.2) is 11.5 Å². The SMILES string of the molecule is CCCNC(c1ncc(Br)cc1Br)C1CCCC(C)C1. The van der Waals surface area contributed by atoms with Crippen LogP contribution in [0.25, 0.3) is 0 Å². The summed E-state index contributed by atoms with van der Waals surface area (Å²) in [6.45, 7) is 5.66. The van der Waals surface area contributed by atoms with E-state index in [-0.39, 0.29) is 0 Å². The third kappa shape index (κ3) is 4.28. The lowest BCUT2D eigenvalue weighted by molar-refractivity contribution is 0.220. The van der Waals surface area contributed by atoms with E-state index in [2.05, 4.69) is 62.1 Å². The number of aromatic nitrogens is 1. The number of pyridine rings is 1. The Kier molecular flexibility index (Phi) is 6.50. The molecule has 1 saturated carbocycles.